The lowest BCUT2D eigenvalue weighted by Crippen LogP contribution is -2.66. The van der Waals surface area contributed by atoms with E-state index in [0.717, 1.165) is 87.6 Å². The minimum atomic E-state index is -1.22. The van der Waals surface area contributed by atoms with Gasteiger partial charge in [0.25, 0.3) is 0 Å². The molecule has 0 unspecified atom stereocenters. The number of aliphatic hydroxyl groups is 1. The van der Waals surface area contributed by atoms with Crippen molar-refractivity contribution in [3.05, 3.63) is 113 Å². The van der Waals surface area contributed by atoms with Crippen LogP contribution in [0, 0.1) is 28.9 Å². The standard InChI is InChI=1S/C61H86F2N12O5/c1-43(2)31-51(69-59(80)57(78)44(3)32-45-11-7-6-8-12-45)58(79)64-20-10-21-71-27-29-72(30-28-71)22-15-55(76)66-38-47-14-9-13-46(33-47)37-65-53-36-54(68-42-67-53)74-25-18-61(19-26-74)41-75(40-56(77)70-61)52-35-49(62)48(34-50(52)63)39-73-23-16-60(4,5)17-24-73/h6-9,11-14,33-36,42-44,51,57,78H,10,15-32,37-41H2,1-5H3,(H,64,79)(H,66,76)(H,69,80)(H,70,77)(H,65,67,68)/t44-,51+,57+/m1/s1. The molecule has 17 nitrogen and oxygen atoms in total. The van der Waals surface area contributed by atoms with Crippen LogP contribution in [0.1, 0.15) is 102 Å². The van der Waals surface area contributed by atoms with Gasteiger partial charge in [-0.2, -0.15) is 0 Å². The summed E-state index contributed by atoms with van der Waals surface area (Å²) in [4.78, 5) is 72.1. The maximum atomic E-state index is 15.7. The van der Waals surface area contributed by atoms with Crippen molar-refractivity contribution in [1.29, 1.82) is 0 Å². The minimum Gasteiger partial charge on any atom is -0.383 e. The van der Waals surface area contributed by atoms with Crippen molar-refractivity contribution >= 4 is 41.0 Å². The topological polar surface area (TPSA) is 191 Å². The van der Waals surface area contributed by atoms with E-state index in [1.807, 2.05) is 75.4 Å². The van der Waals surface area contributed by atoms with Gasteiger partial charge in [-0.1, -0.05) is 89.2 Å². The monoisotopic (exact) mass is 1100 g/mol. The number of piperazine rings is 2. The van der Waals surface area contributed by atoms with Crippen LogP contribution in [0.25, 0.3) is 0 Å². The molecule has 1 spiro atoms. The predicted molar refractivity (Wildman–Crippen MR) is 309 cm³/mol. The third-order valence-electron chi connectivity index (χ3n) is 16.6. The number of hydrogen-bond donors (Lipinski definition) is 6. The van der Waals surface area contributed by atoms with E-state index in [9.17, 15) is 24.3 Å². The van der Waals surface area contributed by atoms with E-state index in [0.29, 0.717) is 95.8 Å². The Kier molecular flexibility index (Phi) is 20.9. The van der Waals surface area contributed by atoms with E-state index in [4.69, 9.17) is 0 Å². The minimum absolute atomic E-state index is 0.00271. The first-order valence-electron chi connectivity index (χ1n) is 29.0. The van der Waals surface area contributed by atoms with Gasteiger partial charge in [0, 0.05) is 103 Å². The number of hydrogen-bond acceptors (Lipinski definition) is 13. The van der Waals surface area contributed by atoms with Crippen LogP contribution in [-0.2, 0) is 45.2 Å². The van der Waals surface area contributed by atoms with Gasteiger partial charge in [-0.15, -0.1) is 0 Å². The van der Waals surface area contributed by atoms with Gasteiger partial charge < -0.3 is 51.3 Å². The zero-order valence-corrected chi connectivity index (χ0v) is 47.8. The van der Waals surface area contributed by atoms with Crippen molar-refractivity contribution in [2.45, 2.75) is 123 Å². The Morgan fingerprint density at radius 1 is 0.738 bits per heavy atom. The van der Waals surface area contributed by atoms with E-state index in [2.05, 4.69) is 76.1 Å². The molecule has 19 heteroatoms. The van der Waals surface area contributed by atoms with E-state index in [1.165, 1.54) is 18.5 Å². The molecule has 0 saturated carbocycles. The number of rotatable bonds is 24. The van der Waals surface area contributed by atoms with Gasteiger partial charge >= 0.3 is 0 Å². The van der Waals surface area contributed by atoms with Crippen LogP contribution in [0.15, 0.2) is 79.1 Å². The number of nitrogens with zero attached hydrogens (tertiary/aromatic N) is 7. The Hall–Kier alpha value is -6.28. The van der Waals surface area contributed by atoms with Crippen LogP contribution in [0.2, 0.25) is 0 Å². The molecule has 4 aliphatic rings. The summed E-state index contributed by atoms with van der Waals surface area (Å²) in [6.07, 6.45) is 5.76. The maximum Gasteiger partial charge on any atom is 0.249 e. The Morgan fingerprint density at radius 3 is 2.14 bits per heavy atom. The fraction of sp³-hybridized carbons (Fsp3) is 0.574. The van der Waals surface area contributed by atoms with Crippen molar-refractivity contribution < 1.29 is 33.1 Å². The summed E-state index contributed by atoms with van der Waals surface area (Å²) in [7, 11) is 0. The summed E-state index contributed by atoms with van der Waals surface area (Å²) >= 11 is 0. The van der Waals surface area contributed by atoms with E-state index in [1.54, 1.807) is 4.90 Å². The Bertz CT molecular complexity index is 2690. The number of carbonyl (C=O) groups excluding carboxylic acids is 4. The van der Waals surface area contributed by atoms with Gasteiger partial charge in [0.15, 0.2) is 0 Å². The fourth-order valence-electron chi connectivity index (χ4n) is 11.5. The number of halogens is 2. The normalized spacial score (nSPS) is 19.0. The van der Waals surface area contributed by atoms with Gasteiger partial charge in [0.2, 0.25) is 23.6 Å². The molecule has 3 aromatic carbocycles. The van der Waals surface area contributed by atoms with E-state index >= 15 is 8.78 Å². The van der Waals surface area contributed by atoms with Gasteiger partial charge in [0.05, 0.1) is 17.8 Å². The van der Waals surface area contributed by atoms with E-state index in [-0.39, 0.29) is 47.2 Å². The van der Waals surface area contributed by atoms with Crippen LogP contribution < -0.4 is 36.4 Å². The fourth-order valence-corrected chi connectivity index (χ4v) is 11.5. The average Bonchev–Trinajstić information content (AvgIpc) is 3.49. The lowest BCUT2D eigenvalue weighted by Gasteiger charge is -2.48. The smallest absolute Gasteiger partial charge is 0.249 e. The lowest BCUT2D eigenvalue weighted by molar-refractivity contribution is -0.136. The largest absolute Gasteiger partial charge is 0.383 e. The Morgan fingerprint density at radius 2 is 1.43 bits per heavy atom. The molecule has 1 aromatic heterocycles. The third kappa shape index (κ3) is 17.4. The molecule has 0 bridgehead atoms. The van der Waals surface area contributed by atoms with Crippen LogP contribution in [0.3, 0.4) is 0 Å². The molecular weight excluding hydrogens is 1020 g/mol. The molecule has 0 aliphatic carbocycles. The van der Waals surface area contributed by atoms with Crippen LogP contribution in [-0.4, -0.2) is 156 Å². The van der Waals surface area contributed by atoms with Gasteiger partial charge in [-0.25, -0.2) is 18.7 Å². The number of aliphatic hydroxyl groups excluding tert-OH is 1. The number of amides is 4. The molecule has 434 valence electrons. The van der Waals surface area contributed by atoms with Crippen LogP contribution in [0.5, 0.6) is 0 Å². The number of anilines is 3. The Labute approximate surface area is 472 Å². The van der Waals surface area contributed by atoms with Gasteiger partial charge in [0.1, 0.15) is 41.7 Å². The average molecular weight is 1110 g/mol. The first kappa shape index (κ1) is 59.8. The number of likely N-dealkylation sites (tertiary alicyclic amines) is 1. The summed E-state index contributed by atoms with van der Waals surface area (Å²) in [5.74, 6) is -0.636. The predicted octanol–water partition coefficient (Wildman–Crippen LogP) is 5.87. The van der Waals surface area contributed by atoms with Crippen molar-refractivity contribution in [3.8, 4) is 0 Å². The molecule has 5 heterocycles. The van der Waals surface area contributed by atoms with Crippen LogP contribution >= 0.6 is 0 Å². The first-order valence-corrected chi connectivity index (χ1v) is 29.0. The number of benzene rings is 3. The highest BCUT2D eigenvalue weighted by atomic mass is 19.1. The summed E-state index contributed by atoms with van der Waals surface area (Å²) in [5.41, 5.74) is 3.21. The molecule has 80 heavy (non-hydrogen) atoms. The number of nitrogens with one attached hydrogen (secondary N) is 5. The van der Waals surface area contributed by atoms with Crippen molar-refractivity contribution in [3.63, 3.8) is 0 Å². The summed E-state index contributed by atoms with van der Waals surface area (Å²) in [5, 5.41) is 26.3. The molecule has 6 N–H and O–H groups in total. The third-order valence-corrected chi connectivity index (χ3v) is 16.6. The number of carbonyl (C=O) groups is 4. The second kappa shape index (κ2) is 27.9. The quantitative estimate of drug-likeness (QED) is 0.0458. The first-order chi connectivity index (χ1) is 38.4. The molecule has 4 aliphatic heterocycles. The summed E-state index contributed by atoms with van der Waals surface area (Å²) in [6, 6.07) is 21.6. The second-order valence-electron chi connectivity index (χ2n) is 24.1. The van der Waals surface area contributed by atoms with Crippen molar-refractivity contribution in [2.24, 2.45) is 17.3 Å². The molecule has 4 fully saturated rings. The van der Waals surface area contributed by atoms with Gasteiger partial charge in [-0.3, -0.25) is 24.1 Å². The molecular formula is C61H86F2N12O5. The SMILES string of the molecule is CC(C)C[C@H](NC(=O)[C@@H](O)[C@H](C)Cc1ccccc1)C(=O)NCCCN1CCN(CCC(=O)NCc2cccc(CNc3cc(N4CCC5(CC4)CN(c4cc(F)c(CN6CCC(C)(C)CC6)cc4F)CC(=O)N5)ncn3)c2)CC1. The molecule has 4 aromatic rings. The van der Waals surface area contributed by atoms with Crippen LogP contribution in [0.4, 0.5) is 26.1 Å². The Balaban J connectivity index is 0.705. The van der Waals surface area contributed by atoms with E-state index < -0.39 is 35.2 Å². The highest BCUT2D eigenvalue weighted by Crippen LogP contribution is 2.34. The number of piperidine rings is 2. The van der Waals surface area contributed by atoms with Crippen molar-refractivity contribution in [2.75, 3.05) is 100 Å². The highest BCUT2D eigenvalue weighted by molar-refractivity contribution is 5.89. The highest BCUT2D eigenvalue weighted by Gasteiger charge is 2.42. The maximum absolute atomic E-state index is 15.7. The zero-order valence-electron chi connectivity index (χ0n) is 47.8. The molecule has 8 rings (SSSR count). The summed E-state index contributed by atoms with van der Waals surface area (Å²) in [6.45, 7) is 20.3. The van der Waals surface area contributed by atoms with Gasteiger partial charge in [-0.05, 0) is 105 Å². The lowest BCUT2D eigenvalue weighted by atomic mass is 9.82. The molecule has 0 radical (unpaired) electrons. The van der Waals surface area contributed by atoms with Crippen molar-refractivity contribution in [1.82, 2.24) is 45.9 Å². The molecule has 4 saturated heterocycles. The number of aromatic nitrogens is 2. The zero-order chi connectivity index (χ0) is 56.8. The second-order valence-corrected chi connectivity index (χ2v) is 24.1. The summed E-state index contributed by atoms with van der Waals surface area (Å²) < 4.78 is 31.3. The molecule has 4 amide bonds. The molecule has 3 atom stereocenters.